The molecule has 0 saturated carbocycles. The van der Waals surface area contributed by atoms with Gasteiger partial charge in [0, 0.05) is 18.7 Å². The number of carbonyl (C=O) groups excluding carboxylic acids is 1. The second-order valence-corrected chi connectivity index (χ2v) is 5.78. The van der Waals surface area contributed by atoms with E-state index in [1.165, 1.54) is 6.07 Å². The summed E-state index contributed by atoms with van der Waals surface area (Å²) in [5.74, 6) is -3.97. The quantitative estimate of drug-likeness (QED) is 0.249. The van der Waals surface area contributed by atoms with Gasteiger partial charge in [0.05, 0.1) is 23.3 Å². The van der Waals surface area contributed by atoms with Crippen LogP contribution in [0, 0.1) is 38.6 Å². The van der Waals surface area contributed by atoms with Gasteiger partial charge in [-0.2, -0.15) is 10.5 Å². The van der Waals surface area contributed by atoms with Crippen LogP contribution in [0.25, 0.3) is 5.76 Å². The standard InChI is InChI=1S/C19H13FN4O6/c1-23(14-7-12(20)4-3-10(14)8-21)19(27)13(9-22)17(25)11-5-15(24(28)29)18(26)16(6-11)30-2/h3-7,25-26H,1-2H3/b17-13-. The summed E-state index contributed by atoms with van der Waals surface area (Å²) in [6.45, 7) is 0. The summed E-state index contributed by atoms with van der Waals surface area (Å²) in [6, 6.07) is 8.06. The smallest absolute Gasteiger partial charge is 0.315 e. The Hall–Kier alpha value is -4.64. The van der Waals surface area contributed by atoms with Crippen molar-refractivity contribution in [3.63, 3.8) is 0 Å². The fourth-order valence-electron chi connectivity index (χ4n) is 2.52. The van der Waals surface area contributed by atoms with Crippen LogP contribution in [-0.4, -0.2) is 35.2 Å². The van der Waals surface area contributed by atoms with E-state index in [0.717, 1.165) is 49.4 Å². The fraction of sp³-hybridized carbons (Fsp3) is 0.105. The van der Waals surface area contributed by atoms with Gasteiger partial charge in [0.15, 0.2) is 11.3 Å². The third-order valence-corrected chi connectivity index (χ3v) is 4.05. The number of aromatic hydroxyl groups is 1. The number of nitro benzene ring substituents is 1. The van der Waals surface area contributed by atoms with Gasteiger partial charge in [-0.15, -0.1) is 0 Å². The second-order valence-electron chi connectivity index (χ2n) is 5.78. The predicted molar refractivity (Wildman–Crippen MR) is 101 cm³/mol. The first-order valence-corrected chi connectivity index (χ1v) is 8.03. The maximum absolute atomic E-state index is 13.6. The first kappa shape index (κ1) is 21.7. The predicted octanol–water partition coefficient (Wildman–Crippen LogP) is 2.78. The third kappa shape index (κ3) is 3.95. The minimum Gasteiger partial charge on any atom is -0.506 e. The van der Waals surface area contributed by atoms with E-state index in [1.54, 1.807) is 6.07 Å². The normalized spacial score (nSPS) is 11.0. The molecule has 0 spiro atoms. The number of anilines is 1. The Labute approximate surface area is 169 Å². The van der Waals surface area contributed by atoms with Crippen molar-refractivity contribution in [1.29, 1.82) is 10.5 Å². The number of nitriles is 2. The number of aliphatic hydroxyl groups is 1. The minimum absolute atomic E-state index is 0.0639. The van der Waals surface area contributed by atoms with Gasteiger partial charge in [-0.05, 0) is 24.3 Å². The SMILES string of the molecule is COc1cc(/C(O)=C(\C#N)C(=O)N(C)c2cc(F)ccc2C#N)cc([N+](=O)[O-])c1O. The molecule has 0 aliphatic carbocycles. The lowest BCUT2D eigenvalue weighted by atomic mass is 10.1. The topological polar surface area (TPSA) is 161 Å². The van der Waals surface area contributed by atoms with Gasteiger partial charge in [0.2, 0.25) is 5.75 Å². The van der Waals surface area contributed by atoms with Gasteiger partial charge < -0.3 is 19.8 Å². The number of hydrogen-bond donors (Lipinski definition) is 2. The maximum Gasteiger partial charge on any atom is 0.315 e. The van der Waals surface area contributed by atoms with Crippen LogP contribution in [0.4, 0.5) is 15.8 Å². The van der Waals surface area contributed by atoms with E-state index in [0.29, 0.717) is 0 Å². The minimum atomic E-state index is -1.10. The molecule has 0 fully saturated rings. The van der Waals surface area contributed by atoms with E-state index < -0.39 is 39.4 Å². The summed E-state index contributed by atoms with van der Waals surface area (Å²) in [4.78, 5) is 23.7. The molecule has 0 aromatic heterocycles. The van der Waals surface area contributed by atoms with Gasteiger partial charge in [0.1, 0.15) is 23.7 Å². The molecule has 30 heavy (non-hydrogen) atoms. The lowest BCUT2D eigenvalue weighted by Crippen LogP contribution is -2.29. The molecule has 2 rings (SSSR count). The molecule has 10 nitrogen and oxygen atoms in total. The first-order chi connectivity index (χ1) is 14.2. The van der Waals surface area contributed by atoms with Crippen LogP contribution in [0.5, 0.6) is 11.5 Å². The van der Waals surface area contributed by atoms with Crippen molar-refractivity contribution in [1.82, 2.24) is 0 Å². The summed E-state index contributed by atoms with van der Waals surface area (Å²) < 4.78 is 18.4. The number of amides is 1. The number of phenols is 1. The number of aliphatic hydroxyl groups excluding tert-OH is 1. The number of benzene rings is 2. The molecule has 0 radical (unpaired) electrons. The lowest BCUT2D eigenvalue weighted by Gasteiger charge is -2.19. The number of ether oxygens (including phenoxy) is 1. The summed E-state index contributed by atoms with van der Waals surface area (Å²) >= 11 is 0. The zero-order chi connectivity index (χ0) is 22.6. The average Bonchev–Trinajstić information content (AvgIpc) is 2.73. The Kier molecular flexibility index (Phi) is 6.19. The molecule has 152 valence electrons. The number of halogens is 1. The fourth-order valence-corrected chi connectivity index (χ4v) is 2.52. The Bertz CT molecular complexity index is 1160. The zero-order valence-electron chi connectivity index (χ0n) is 15.6. The molecule has 0 heterocycles. The number of phenolic OH excluding ortho intramolecular Hbond substituents is 1. The van der Waals surface area contributed by atoms with Crippen molar-refractivity contribution in [2.45, 2.75) is 0 Å². The summed E-state index contributed by atoms with van der Waals surface area (Å²) in [7, 11) is 2.27. The first-order valence-electron chi connectivity index (χ1n) is 8.03. The molecule has 11 heteroatoms. The number of nitro groups is 1. The van der Waals surface area contributed by atoms with Crippen LogP contribution >= 0.6 is 0 Å². The highest BCUT2D eigenvalue weighted by molar-refractivity contribution is 6.12. The number of carbonyl (C=O) groups is 1. The molecular formula is C19H13FN4O6. The van der Waals surface area contributed by atoms with Crippen molar-refractivity contribution >= 4 is 23.0 Å². The molecule has 0 unspecified atom stereocenters. The molecule has 1 amide bonds. The van der Waals surface area contributed by atoms with Crippen LogP contribution in [0.3, 0.4) is 0 Å². The summed E-state index contributed by atoms with van der Waals surface area (Å²) in [5.41, 5.74) is -2.24. The molecule has 0 bridgehead atoms. The number of nitrogens with zero attached hydrogens (tertiary/aromatic N) is 4. The summed E-state index contributed by atoms with van der Waals surface area (Å²) in [5, 5.41) is 49.9. The second kappa shape index (κ2) is 8.58. The van der Waals surface area contributed by atoms with E-state index in [1.807, 2.05) is 0 Å². The molecule has 2 N–H and O–H groups in total. The third-order valence-electron chi connectivity index (χ3n) is 4.05. The highest BCUT2D eigenvalue weighted by Gasteiger charge is 2.27. The molecular weight excluding hydrogens is 399 g/mol. The van der Waals surface area contributed by atoms with Crippen LogP contribution in [0.15, 0.2) is 35.9 Å². The number of hydrogen-bond acceptors (Lipinski definition) is 8. The van der Waals surface area contributed by atoms with Crippen LogP contribution in [-0.2, 0) is 4.79 Å². The van der Waals surface area contributed by atoms with Crippen LogP contribution in [0.1, 0.15) is 11.1 Å². The zero-order valence-corrected chi connectivity index (χ0v) is 15.6. The largest absolute Gasteiger partial charge is 0.506 e. The van der Waals surface area contributed by atoms with E-state index in [9.17, 15) is 34.8 Å². The van der Waals surface area contributed by atoms with Crippen molar-refractivity contribution in [3.8, 4) is 23.6 Å². The Morgan fingerprint density at radius 3 is 2.50 bits per heavy atom. The van der Waals surface area contributed by atoms with E-state index in [2.05, 4.69) is 0 Å². The van der Waals surface area contributed by atoms with Gasteiger partial charge in [0.25, 0.3) is 5.91 Å². The van der Waals surface area contributed by atoms with Crippen molar-refractivity contribution < 1.29 is 29.1 Å². The molecule has 2 aromatic carbocycles. The van der Waals surface area contributed by atoms with E-state index in [-0.39, 0.29) is 22.6 Å². The molecule has 0 aliphatic heterocycles. The monoisotopic (exact) mass is 412 g/mol. The Morgan fingerprint density at radius 2 is 1.97 bits per heavy atom. The van der Waals surface area contributed by atoms with E-state index >= 15 is 0 Å². The number of rotatable bonds is 5. The van der Waals surface area contributed by atoms with Crippen molar-refractivity contribution in [3.05, 3.63) is 63.0 Å². The van der Waals surface area contributed by atoms with Gasteiger partial charge in [-0.1, -0.05) is 0 Å². The molecule has 2 aromatic rings. The van der Waals surface area contributed by atoms with Gasteiger partial charge in [-0.3, -0.25) is 14.9 Å². The number of likely N-dealkylation sites (N-methyl/N-ethyl adjacent to an activating group) is 1. The van der Waals surface area contributed by atoms with Crippen molar-refractivity contribution in [2.24, 2.45) is 0 Å². The van der Waals surface area contributed by atoms with E-state index in [4.69, 9.17) is 10.00 Å². The average molecular weight is 412 g/mol. The van der Waals surface area contributed by atoms with Crippen LogP contribution < -0.4 is 9.64 Å². The highest BCUT2D eigenvalue weighted by Crippen LogP contribution is 2.39. The molecule has 0 aliphatic rings. The van der Waals surface area contributed by atoms with Gasteiger partial charge in [-0.25, -0.2) is 4.39 Å². The summed E-state index contributed by atoms with van der Waals surface area (Å²) in [6.07, 6.45) is 0. The van der Waals surface area contributed by atoms with Crippen LogP contribution in [0.2, 0.25) is 0 Å². The highest BCUT2D eigenvalue weighted by atomic mass is 19.1. The molecule has 0 saturated heterocycles. The maximum atomic E-state index is 13.6. The van der Waals surface area contributed by atoms with Crippen molar-refractivity contribution in [2.75, 3.05) is 19.1 Å². The Morgan fingerprint density at radius 1 is 1.30 bits per heavy atom. The Balaban J connectivity index is 2.63. The lowest BCUT2D eigenvalue weighted by molar-refractivity contribution is -0.386. The van der Waals surface area contributed by atoms with Gasteiger partial charge >= 0.3 is 5.69 Å². The number of methoxy groups -OCH3 is 1. The molecule has 0 atom stereocenters.